The first-order chi connectivity index (χ1) is 9.69. The van der Waals surface area contributed by atoms with Crippen LogP contribution in [0.15, 0.2) is 0 Å². The second-order valence-electron chi connectivity index (χ2n) is 4.50. The van der Waals surface area contributed by atoms with Crippen LogP contribution in [0.2, 0.25) is 0 Å². The number of hydrogen-bond donors (Lipinski definition) is 2. The third kappa shape index (κ3) is 3.94. The Morgan fingerprint density at radius 1 is 1.35 bits per heavy atom. The third-order valence-electron chi connectivity index (χ3n) is 2.99. The van der Waals surface area contributed by atoms with Gasteiger partial charge in [-0.1, -0.05) is 0 Å². The van der Waals surface area contributed by atoms with Crippen LogP contribution in [0.25, 0.3) is 0 Å². The standard InChI is InChI=1S/C12H20N6O2/c1-2-20-12-16-10(13)15-11(17-12)14-6-5-9(19)18-7-3-4-8-18/h2-8H2,1H3,(H3,13,14,15,16,17). The monoisotopic (exact) mass is 280 g/mol. The van der Waals surface area contributed by atoms with Gasteiger partial charge in [-0.2, -0.15) is 15.0 Å². The van der Waals surface area contributed by atoms with Crippen LogP contribution in [0.5, 0.6) is 6.01 Å². The van der Waals surface area contributed by atoms with Gasteiger partial charge in [-0.25, -0.2) is 0 Å². The molecule has 110 valence electrons. The fourth-order valence-electron chi connectivity index (χ4n) is 2.05. The fourth-order valence-corrected chi connectivity index (χ4v) is 2.05. The van der Waals surface area contributed by atoms with Crippen molar-refractivity contribution in [2.45, 2.75) is 26.2 Å². The summed E-state index contributed by atoms with van der Waals surface area (Å²) in [4.78, 5) is 25.6. The number of amides is 1. The lowest BCUT2D eigenvalue weighted by molar-refractivity contribution is -0.129. The van der Waals surface area contributed by atoms with Gasteiger partial charge < -0.3 is 20.7 Å². The molecule has 3 N–H and O–H groups in total. The van der Waals surface area contributed by atoms with Crippen LogP contribution in [0.1, 0.15) is 26.2 Å². The van der Waals surface area contributed by atoms with Crippen molar-refractivity contribution in [1.29, 1.82) is 0 Å². The number of ether oxygens (including phenoxy) is 1. The SMILES string of the molecule is CCOc1nc(N)nc(NCCC(=O)N2CCCC2)n1. The minimum Gasteiger partial charge on any atom is -0.464 e. The highest BCUT2D eigenvalue weighted by atomic mass is 16.5. The maximum absolute atomic E-state index is 11.9. The van der Waals surface area contributed by atoms with Crippen LogP contribution < -0.4 is 15.8 Å². The molecule has 0 aliphatic carbocycles. The van der Waals surface area contributed by atoms with E-state index in [1.807, 2.05) is 11.8 Å². The topological polar surface area (TPSA) is 106 Å². The van der Waals surface area contributed by atoms with Gasteiger partial charge in [0.2, 0.25) is 17.8 Å². The van der Waals surface area contributed by atoms with Crippen LogP contribution >= 0.6 is 0 Å². The van der Waals surface area contributed by atoms with Gasteiger partial charge in [0, 0.05) is 26.1 Å². The highest BCUT2D eigenvalue weighted by Crippen LogP contribution is 2.10. The number of nitrogen functional groups attached to an aromatic ring is 1. The zero-order chi connectivity index (χ0) is 14.4. The molecule has 0 aromatic carbocycles. The van der Waals surface area contributed by atoms with Gasteiger partial charge in [-0.15, -0.1) is 0 Å². The summed E-state index contributed by atoms with van der Waals surface area (Å²) in [6.45, 7) is 4.49. The van der Waals surface area contributed by atoms with Crippen molar-refractivity contribution in [3.05, 3.63) is 0 Å². The smallest absolute Gasteiger partial charge is 0.323 e. The van der Waals surface area contributed by atoms with E-state index in [1.165, 1.54) is 0 Å². The lowest BCUT2D eigenvalue weighted by Gasteiger charge is -2.15. The quantitative estimate of drug-likeness (QED) is 0.770. The van der Waals surface area contributed by atoms with Gasteiger partial charge in [0.15, 0.2) is 0 Å². The van der Waals surface area contributed by atoms with Gasteiger partial charge in [-0.3, -0.25) is 4.79 Å². The van der Waals surface area contributed by atoms with Crippen LogP contribution in [-0.2, 0) is 4.79 Å². The van der Waals surface area contributed by atoms with Crippen molar-refractivity contribution < 1.29 is 9.53 Å². The maximum atomic E-state index is 11.9. The summed E-state index contributed by atoms with van der Waals surface area (Å²) in [5.74, 6) is 0.578. The Hall–Kier alpha value is -2.12. The first kappa shape index (κ1) is 14.3. The molecule has 8 nitrogen and oxygen atoms in total. The van der Waals surface area contributed by atoms with Gasteiger partial charge in [0.25, 0.3) is 0 Å². The van der Waals surface area contributed by atoms with Crippen LogP contribution in [0, 0.1) is 0 Å². The second-order valence-corrected chi connectivity index (χ2v) is 4.50. The molecule has 0 radical (unpaired) electrons. The van der Waals surface area contributed by atoms with E-state index in [2.05, 4.69) is 20.3 Å². The molecule has 1 aromatic rings. The zero-order valence-corrected chi connectivity index (χ0v) is 11.6. The highest BCUT2D eigenvalue weighted by molar-refractivity contribution is 5.76. The lowest BCUT2D eigenvalue weighted by Crippen LogP contribution is -2.29. The summed E-state index contributed by atoms with van der Waals surface area (Å²) < 4.78 is 5.18. The zero-order valence-electron chi connectivity index (χ0n) is 11.6. The molecule has 0 bridgehead atoms. The Labute approximate surface area is 117 Å². The van der Waals surface area contributed by atoms with Crippen molar-refractivity contribution in [1.82, 2.24) is 19.9 Å². The molecule has 1 saturated heterocycles. The molecular weight excluding hydrogens is 260 g/mol. The van der Waals surface area contributed by atoms with E-state index in [0.29, 0.717) is 25.5 Å². The Balaban J connectivity index is 1.82. The molecule has 1 amide bonds. The summed E-state index contributed by atoms with van der Waals surface area (Å²) in [7, 11) is 0. The third-order valence-corrected chi connectivity index (χ3v) is 2.99. The molecular formula is C12H20N6O2. The van der Waals surface area contributed by atoms with Crippen LogP contribution in [0.3, 0.4) is 0 Å². The molecule has 20 heavy (non-hydrogen) atoms. The van der Waals surface area contributed by atoms with Gasteiger partial charge >= 0.3 is 6.01 Å². The molecule has 1 aromatic heterocycles. The largest absolute Gasteiger partial charge is 0.464 e. The fraction of sp³-hybridized carbons (Fsp3) is 0.667. The summed E-state index contributed by atoms with van der Waals surface area (Å²) in [6, 6.07) is 0.188. The number of likely N-dealkylation sites (tertiary alicyclic amines) is 1. The van der Waals surface area contributed by atoms with E-state index in [-0.39, 0.29) is 17.9 Å². The van der Waals surface area contributed by atoms with E-state index in [9.17, 15) is 4.79 Å². The number of carbonyl (C=O) groups is 1. The molecule has 1 aliphatic rings. The maximum Gasteiger partial charge on any atom is 0.323 e. The molecule has 2 rings (SSSR count). The number of carbonyl (C=O) groups excluding carboxylic acids is 1. The summed E-state index contributed by atoms with van der Waals surface area (Å²) in [5, 5.41) is 2.97. The van der Waals surface area contributed by atoms with E-state index in [1.54, 1.807) is 0 Å². The minimum atomic E-state index is 0.0943. The van der Waals surface area contributed by atoms with Gasteiger partial charge in [-0.05, 0) is 19.8 Å². The molecule has 0 spiro atoms. The predicted molar refractivity (Wildman–Crippen MR) is 74.3 cm³/mol. The Bertz CT molecular complexity index is 461. The minimum absolute atomic E-state index is 0.0943. The average molecular weight is 280 g/mol. The van der Waals surface area contributed by atoms with E-state index in [4.69, 9.17) is 10.5 Å². The molecule has 0 saturated carbocycles. The van der Waals surface area contributed by atoms with E-state index < -0.39 is 0 Å². The van der Waals surface area contributed by atoms with E-state index >= 15 is 0 Å². The number of aromatic nitrogens is 3. The normalized spacial score (nSPS) is 14.3. The number of nitrogens with zero attached hydrogens (tertiary/aromatic N) is 4. The van der Waals surface area contributed by atoms with Crippen LogP contribution in [0.4, 0.5) is 11.9 Å². The molecule has 0 atom stereocenters. The van der Waals surface area contributed by atoms with Crippen molar-refractivity contribution in [3.63, 3.8) is 0 Å². The Morgan fingerprint density at radius 2 is 2.10 bits per heavy atom. The first-order valence-corrected chi connectivity index (χ1v) is 6.85. The predicted octanol–water partition coefficient (Wildman–Crippen LogP) is 0.277. The highest BCUT2D eigenvalue weighted by Gasteiger charge is 2.17. The summed E-state index contributed by atoms with van der Waals surface area (Å²) in [5.41, 5.74) is 5.56. The Morgan fingerprint density at radius 3 is 2.80 bits per heavy atom. The summed E-state index contributed by atoms with van der Waals surface area (Å²) in [6.07, 6.45) is 2.61. The summed E-state index contributed by atoms with van der Waals surface area (Å²) >= 11 is 0. The lowest BCUT2D eigenvalue weighted by atomic mass is 10.3. The van der Waals surface area contributed by atoms with Crippen molar-refractivity contribution in [3.8, 4) is 6.01 Å². The first-order valence-electron chi connectivity index (χ1n) is 6.85. The van der Waals surface area contributed by atoms with E-state index in [0.717, 1.165) is 25.9 Å². The van der Waals surface area contributed by atoms with Crippen molar-refractivity contribution in [2.24, 2.45) is 0 Å². The second kappa shape index (κ2) is 6.88. The van der Waals surface area contributed by atoms with Gasteiger partial charge in [0.1, 0.15) is 0 Å². The van der Waals surface area contributed by atoms with Crippen molar-refractivity contribution >= 4 is 17.8 Å². The number of nitrogens with one attached hydrogen (secondary N) is 1. The molecule has 0 unspecified atom stereocenters. The molecule has 2 heterocycles. The Kier molecular flexibility index (Phi) is 4.91. The molecule has 8 heteroatoms. The van der Waals surface area contributed by atoms with Crippen LogP contribution in [-0.4, -0.2) is 52.0 Å². The molecule has 1 fully saturated rings. The number of hydrogen-bond acceptors (Lipinski definition) is 7. The molecule has 1 aliphatic heterocycles. The van der Waals surface area contributed by atoms with Crippen molar-refractivity contribution in [2.75, 3.05) is 37.3 Å². The number of anilines is 2. The number of nitrogens with two attached hydrogens (primary N) is 1. The average Bonchev–Trinajstić information content (AvgIpc) is 2.92. The number of rotatable bonds is 6. The van der Waals surface area contributed by atoms with Gasteiger partial charge in [0.05, 0.1) is 6.61 Å².